The number of amidine groups is 1. The van der Waals surface area contributed by atoms with Crippen molar-refractivity contribution in [3.63, 3.8) is 0 Å². The first-order valence-corrected chi connectivity index (χ1v) is 3.00. The van der Waals surface area contributed by atoms with E-state index in [9.17, 15) is 0 Å². The van der Waals surface area contributed by atoms with Crippen molar-refractivity contribution < 1.29 is 0 Å². The van der Waals surface area contributed by atoms with Crippen LogP contribution in [0.25, 0.3) is 0 Å². The van der Waals surface area contributed by atoms with Crippen LogP contribution in [0.2, 0.25) is 0 Å². The molecule has 0 atom stereocenters. The van der Waals surface area contributed by atoms with Crippen molar-refractivity contribution in [1.82, 2.24) is 0 Å². The molecule has 1 aliphatic heterocycles. The molecule has 0 N–H and O–H groups in total. The zero-order valence-corrected chi connectivity index (χ0v) is 6.03. The molecule has 1 rings (SSSR count). The second-order valence-electron chi connectivity index (χ2n) is 1.03. The Labute approximate surface area is 60.1 Å². The number of hydrogen-bond donors (Lipinski definition) is 0. The van der Waals surface area contributed by atoms with Crippen LogP contribution in [0.4, 0.5) is 0 Å². The summed E-state index contributed by atoms with van der Waals surface area (Å²) in [5, 5.41) is 0. The maximum Gasteiger partial charge on any atom is 0.200 e. The van der Waals surface area contributed by atoms with Gasteiger partial charge in [0.15, 0.2) is 0 Å². The van der Waals surface area contributed by atoms with Gasteiger partial charge in [-0.25, -0.2) is 9.98 Å². The summed E-state index contributed by atoms with van der Waals surface area (Å²) in [5.41, 5.74) is 0. The van der Waals surface area contributed by atoms with Gasteiger partial charge < -0.3 is 0 Å². The molecular weight excluding hydrogens is 217 g/mol. The van der Waals surface area contributed by atoms with Crippen molar-refractivity contribution in [2.24, 2.45) is 15.0 Å². The van der Waals surface area contributed by atoms with Gasteiger partial charge in [-0.15, -0.1) is 0 Å². The van der Waals surface area contributed by atoms with Crippen molar-refractivity contribution in [3.05, 3.63) is 6.20 Å². The van der Waals surface area contributed by atoms with Crippen molar-refractivity contribution in [1.29, 1.82) is 0 Å². The zero-order valence-electron chi connectivity index (χ0n) is 3.87. The monoisotopic (exact) mass is 219 g/mol. The van der Waals surface area contributed by atoms with Gasteiger partial charge in [-0.3, -0.25) is 0 Å². The largest absolute Gasteiger partial charge is 0.235 e. The van der Waals surface area contributed by atoms with Gasteiger partial charge in [-0.05, 0) is 0 Å². The molecule has 4 heteroatoms. The first kappa shape index (κ1) is 5.65. The molecule has 3 nitrogen and oxygen atoms in total. The third-order valence-electron chi connectivity index (χ3n) is 0.520. The summed E-state index contributed by atoms with van der Waals surface area (Å²) in [5.74, 6) is 2.56. The molecule has 8 heavy (non-hydrogen) atoms. The predicted molar refractivity (Wildman–Crippen MR) is 42.0 cm³/mol. The maximum absolute atomic E-state index is 3.77. The standard InChI is InChI=1S/C4H2IN3/c5-4-7-2-1-6-3-8-4/h1,3H. The predicted octanol–water partition coefficient (Wildman–Crippen LogP) is 1.00. The number of rotatable bonds is 0. The number of halogens is 1. The Hall–Kier alpha value is -0.480. The Morgan fingerprint density at radius 3 is 3.38 bits per heavy atom. The molecule has 0 aromatic carbocycles. The quantitative estimate of drug-likeness (QED) is 0.430. The summed E-state index contributed by atoms with van der Waals surface area (Å²) in [4.78, 5) is 11.2. The third-order valence-corrected chi connectivity index (χ3v) is 1.04. The minimum Gasteiger partial charge on any atom is -0.235 e. The molecule has 0 aromatic heterocycles. The fourth-order valence-corrected chi connectivity index (χ4v) is 0.522. The fourth-order valence-electron chi connectivity index (χ4n) is 0.259. The van der Waals surface area contributed by atoms with Gasteiger partial charge in [-0.2, -0.15) is 4.99 Å². The highest BCUT2D eigenvalue weighted by atomic mass is 127. The second kappa shape index (κ2) is 2.74. The highest BCUT2D eigenvalue weighted by Crippen LogP contribution is 1.91. The minimum atomic E-state index is 0.653. The molecule has 0 spiro atoms. The number of hydrogen-bond acceptors (Lipinski definition) is 3. The Morgan fingerprint density at radius 2 is 2.50 bits per heavy atom. The molecule has 0 fully saturated rings. The summed E-state index contributed by atoms with van der Waals surface area (Å²) < 4.78 is 0.653. The highest BCUT2D eigenvalue weighted by Gasteiger charge is 1.82. The first-order chi connectivity index (χ1) is 3.89. The average Bonchev–Trinajstić information content (AvgIpc) is 1.94. The zero-order chi connectivity index (χ0) is 5.82. The lowest BCUT2D eigenvalue weighted by Crippen LogP contribution is -1.74. The van der Waals surface area contributed by atoms with Gasteiger partial charge in [0.05, 0.1) is 6.20 Å². The van der Waals surface area contributed by atoms with Crippen LogP contribution >= 0.6 is 22.6 Å². The van der Waals surface area contributed by atoms with E-state index in [1.165, 1.54) is 12.5 Å². The summed E-state index contributed by atoms with van der Waals surface area (Å²) in [7, 11) is 0. The van der Waals surface area contributed by atoms with Crippen molar-refractivity contribution in [2.75, 3.05) is 0 Å². The molecule has 0 unspecified atom stereocenters. The maximum atomic E-state index is 3.77. The van der Waals surface area contributed by atoms with Gasteiger partial charge in [0, 0.05) is 28.5 Å². The van der Waals surface area contributed by atoms with Crippen LogP contribution < -0.4 is 0 Å². The van der Waals surface area contributed by atoms with E-state index in [2.05, 4.69) is 20.8 Å². The van der Waals surface area contributed by atoms with Crippen molar-refractivity contribution >= 4 is 38.6 Å². The molecule has 0 saturated carbocycles. The molecule has 0 aliphatic carbocycles. The molecule has 0 bridgehead atoms. The molecular formula is C4H2IN3. The summed E-state index contributed by atoms with van der Waals surface area (Å²) >= 11 is 1.99. The van der Waals surface area contributed by atoms with Crippen molar-refractivity contribution in [2.45, 2.75) is 0 Å². The van der Waals surface area contributed by atoms with Crippen LogP contribution in [0.15, 0.2) is 21.2 Å². The normalized spacial score (nSPS) is 15.9. The summed E-state index contributed by atoms with van der Waals surface area (Å²) in [6, 6.07) is 0. The molecule has 0 radical (unpaired) electrons. The van der Waals surface area contributed by atoms with Crippen LogP contribution in [-0.2, 0) is 0 Å². The topological polar surface area (TPSA) is 37.1 Å². The van der Waals surface area contributed by atoms with E-state index in [0.717, 1.165) is 0 Å². The Bertz CT molecular complexity index is 197. The molecule has 0 aromatic rings. The van der Waals surface area contributed by atoms with Gasteiger partial charge in [-0.1, -0.05) is 0 Å². The van der Waals surface area contributed by atoms with Gasteiger partial charge in [0.2, 0.25) is 3.84 Å². The second-order valence-corrected chi connectivity index (χ2v) is 2.00. The van der Waals surface area contributed by atoms with E-state index in [1.807, 2.05) is 22.6 Å². The lowest BCUT2D eigenvalue weighted by molar-refractivity contribution is 1.60. The summed E-state index contributed by atoms with van der Waals surface area (Å²) in [6.45, 7) is 0. The van der Waals surface area contributed by atoms with Gasteiger partial charge in [0.1, 0.15) is 6.34 Å². The molecule has 1 heterocycles. The van der Waals surface area contributed by atoms with Gasteiger partial charge in [0.25, 0.3) is 0 Å². The lowest BCUT2D eigenvalue weighted by Gasteiger charge is -1.74. The Balaban J connectivity index is 2.94. The molecule has 0 amide bonds. The van der Waals surface area contributed by atoms with E-state index in [4.69, 9.17) is 0 Å². The van der Waals surface area contributed by atoms with Crippen LogP contribution in [0, 0.1) is 0 Å². The van der Waals surface area contributed by atoms with Crippen LogP contribution in [-0.4, -0.2) is 16.1 Å². The van der Waals surface area contributed by atoms with E-state index < -0.39 is 0 Å². The third kappa shape index (κ3) is 1.55. The van der Waals surface area contributed by atoms with Crippen LogP contribution in [0.3, 0.4) is 0 Å². The minimum absolute atomic E-state index is 0.653. The smallest absolute Gasteiger partial charge is 0.200 e. The lowest BCUT2D eigenvalue weighted by atomic mass is 11.0. The average molecular weight is 219 g/mol. The van der Waals surface area contributed by atoms with Crippen molar-refractivity contribution in [3.8, 4) is 0 Å². The first-order valence-electron chi connectivity index (χ1n) is 1.92. The molecule has 0 saturated heterocycles. The molecule has 1 aliphatic rings. The van der Waals surface area contributed by atoms with E-state index in [1.54, 1.807) is 0 Å². The van der Waals surface area contributed by atoms with Crippen LogP contribution in [0.1, 0.15) is 0 Å². The van der Waals surface area contributed by atoms with E-state index in [-0.39, 0.29) is 0 Å². The molecule has 40 valence electrons. The Kier molecular flexibility index (Phi) is 1.93. The fraction of sp³-hybridized carbons (Fsp3) is 0. The van der Waals surface area contributed by atoms with Crippen LogP contribution in [0.5, 0.6) is 0 Å². The Morgan fingerprint density at radius 1 is 1.62 bits per heavy atom. The highest BCUT2D eigenvalue weighted by molar-refractivity contribution is 14.1. The van der Waals surface area contributed by atoms with E-state index >= 15 is 0 Å². The number of aliphatic imine (C=N–C) groups is 3. The van der Waals surface area contributed by atoms with Gasteiger partial charge >= 0.3 is 0 Å². The number of nitrogens with zero attached hydrogens (tertiary/aromatic N) is 3. The van der Waals surface area contributed by atoms with E-state index in [0.29, 0.717) is 3.84 Å². The summed E-state index contributed by atoms with van der Waals surface area (Å²) in [6.07, 6.45) is 2.90. The SMILES string of the molecule is IC1=NC=NC=C=N1.